The van der Waals surface area contributed by atoms with Crippen molar-refractivity contribution in [3.8, 4) is 11.4 Å². The maximum atomic E-state index is 5.89. The quantitative estimate of drug-likeness (QED) is 0.513. The molecule has 0 atom stereocenters. The number of aliphatic imine (C=N–C) groups is 1. The SMILES string of the molecule is CN=C(NCc1nc(-c2ccc(Cl)cc2)no1)NCc1nc(C)c(C)s1. The third-order valence-electron chi connectivity index (χ3n) is 3.68. The van der Waals surface area contributed by atoms with Crippen molar-refractivity contribution < 1.29 is 4.52 Å². The molecule has 0 saturated carbocycles. The van der Waals surface area contributed by atoms with Crippen LogP contribution in [-0.2, 0) is 13.1 Å². The van der Waals surface area contributed by atoms with Crippen LogP contribution < -0.4 is 10.6 Å². The number of rotatable bonds is 5. The first kappa shape index (κ1) is 18.3. The zero-order chi connectivity index (χ0) is 18.5. The van der Waals surface area contributed by atoms with Crippen LogP contribution in [0.25, 0.3) is 11.4 Å². The van der Waals surface area contributed by atoms with Gasteiger partial charge in [0.2, 0.25) is 11.7 Å². The smallest absolute Gasteiger partial charge is 0.246 e. The van der Waals surface area contributed by atoms with Gasteiger partial charge in [0.05, 0.1) is 18.8 Å². The average molecular weight is 391 g/mol. The van der Waals surface area contributed by atoms with Gasteiger partial charge in [-0.25, -0.2) is 4.98 Å². The number of thiazole rings is 1. The number of benzene rings is 1. The third-order valence-corrected chi connectivity index (χ3v) is 5.01. The largest absolute Gasteiger partial charge is 0.350 e. The molecular weight excluding hydrogens is 372 g/mol. The maximum Gasteiger partial charge on any atom is 0.246 e. The molecule has 9 heteroatoms. The Morgan fingerprint density at radius 3 is 2.54 bits per heavy atom. The number of nitrogens with one attached hydrogen (secondary N) is 2. The second-order valence-electron chi connectivity index (χ2n) is 5.55. The molecule has 1 aromatic carbocycles. The lowest BCUT2D eigenvalue weighted by atomic mass is 10.2. The van der Waals surface area contributed by atoms with Crippen LogP contribution in [0.1, 0.15) is 21.5 Å². The van der Waals surface area contributed by atoms with Crippen LogP contribution in [0.15, 0.2) is 33.8 Å². The minimum Gasteiger partial charge on any atom is -0.350 e. The molecule has 0 aliphatic rings. The van der Waals surface area contributed by atoms with Gasteiger partial charge in [0.1, 0.15) is 5.01 Å². The Labute approximate surface area is 160 Å². The van der Waals surface area contributed by atoms with E-state index in [0.29, 0.717) is 35.8 Å². The molecule has 2 N–H and O–H groups in total. The predicted octanol–water partition coefficient (Wildman–Crippen LogP) is 3.33. The first-order valence-corrected chi connectivity index (χ1v) is 9.20. The molecule has 3 rings (SSSR count). The lowest BCUT2D eigenvalue weighted by Crippen LogP contribution is -2.36. The lowest BCUT2D eigenvalue weighted by molar-refractivity contribution is 0.375. The minimum absolute atomic E-state index is 0.371. The summed E-state index contributed by atoms with van der Waals surface area (Å²) >= 11 is 7.57. The van der Waals surface area contributed by atoms with Crippen LogP contribution in [0.3, 0.4) is 0 Å². The lowest BCUT2D eigenvalue weighted by Gasteiger charge is -2.08. The Morgan fingerprint density at radius 2 is 1.88 bits per heavy atom. The van der Waals surface area contributed by atoms with E-state index >= 15 is 0 Å². The second kappa shape index (κ2) is 8.29. The van der Waals surface area contributed by atoms with Gasteiger partial charge in [-0.1, -0.05) is 16.8 Å². The van der Waals surface area contributed by atoms with Crippen molar-refractivity contribution in [1.82, 2.24) is 25.8 Å². The standard InChI is InChI=1S/C17H19ClN6OS/c1-10-11(2)26-15(22-10)9-21-17(19-3)20-8-14-23-16(24-25-14)12-4-6-13(18)7-5-12/h4-7H,8-9H2,1-3H3,(H2,19,20,21). The molecule has 0 amide bonds. The minimum atomic E-state index is 0.371. The van der Waals surface area contributed by atoms with Gasteiger partial charge >= 0.3 is 0 Å². The second-order valence-corrected chi connectivity index (χ2v) is 7.27. The van der Waals surface area contributed by atoms with Gasteiger partial charge in [0.25, 0.3) is 0 Å². The van der Waals surface area contributed by atoms with Gasteiger partial charge in [-0.05, 0) is 38.1 Å². The summed E-state index contributed by atoms with van der Waals surface area (Å²) < 4.78 is 5.28. The molecule has 0 unspecified atom stereocenters. The summed E-state index contributed by atoms with van der Waals surface area (Å²) in [5, 5.41) is 12.0. The Morgan fingerprint density at radius 1 is 1.15 bits per heavy atom. The molecule has 136 valence electrons. The van der Waals surface area contributed by atoms with Gasteiger partial charge in [0, 0.05) is 22.5 Å². The van der Waals surface area contributed by atoms with Crippen LogP contribution in [-0.4, -0.2) is 28.1 Å². The van der Waals surface area contributed by atoms with E-state index in [9.17, 15) is 0 Å². The molecule has 2 aromatic heterocycles. The van der Waals surface area contributed by atoms with E-state index in [0.717, 1.165) is 16.3 Å². The number of hydrogen-bond donors (Lipinski definition) is 2. The maximum absolute atomic E-state index is 5.89. The molecular formula is C17H19ClN6OS. The zero-order valence-electron chi connectivity index (χ0n) is 14.7. The van der Waals surface area contributed by atoms with Crippen molar-refractivity contribution in [1.29, 1.82) is 0 Å². The number of halogens is 1. The highest BCUT2D eigenvalue weighted by atomic mass is 35.5. The van der Waals surface area contributed by atoms with E-state index < -0.39 is 0 Å². The first-order valence-electron chi connectivity index (χ1n) is 8.01. The van der Waals surface area contributed by atoms with E-state index in [2.05, 4.69) is 37.7 Å². The summed E-state index contributed by atoms with van der Waals surface area (Å²) in [6.07, 6.45) is 0. The van der Waals surface area contributed by atoms with Crippen molar-refractivity contribution >= 4 is 28.9 Å². The Hall–Kier alpha value is -2.45. The summed E-state index contributed by atoms with van der Waals surface area (Å²) in [5.41, 5.74) is 1.91. The zero-order valence-corrected chi connectivity index (χ0v) is 16.3. The van der Waals surface area contributed by atoms with Gasteiger partial charge in [-0.3, -0.25) is 4.99 Å². The summed E-state index contributed by atoms with van der Waals surface area (Å²) in [6.45, 7) is 5.06. The molecule has 2 heterocycles. The van der Waals surface area contributed by atoms with E-state index in [1.165, 1.54) is 4.88 Å². The van der Waals surface area contributed by atoms with E-state index in [4.69, 9.17) is 16.1 Å². The van der Waals surface area contributed by atoms with Crippen molar-refractivity contribution in [2.75, 3.05) is 7.05 Å². The highest BCUT2D eigenvalue weighted by Gasteiger charge is 2.10. The number of aryl methyl sites for hydroxylation is 2. The molecule has 3 aromatic rings. The number of aromatic nitrogens is 3. The topological polar surface area (TPSA) is 88.2 Å². The van der Waals surface area contributed by atoms with Crippen molar-refractivity contribution in [3.63, 3.8) is 0 Å². The van der Waals surface area contributed by atoms with Crippen molar-refractivity contribution in [2.45, 2.75) is 26.9 Å². The molecule has 7 nitrogen and oxygen atoms in total. The van der Waals surface area contributed by atoms with E-state index in [1.54, 1.807) is 30.5 Å². The van der Waals surface area contributed by atoms with Crippen LogP contribution in [0.2, 0.25) is 5.02 Å². The number of nitrogens with zero attached hydrogens (tertiary/aromatic N) is 4. The molecule has 0 saturated heterocycles. The Balaban J connectivity index is 1.54. The van der Waals surface area contributed by atoms with Crippen LogP contribution in [0.4, 0.5) is 0 Å². The van der Waals surface area contributed by atoms with Gasteiger partial charge in [-0.15, -0.1) is 11.3 Å². The number of guanidine groups is 1. The van der Waals surface area contributed by atoms with Gasteiger partial charge in [0.15, 0.2) is 5.96 Å². The van der Waals surface area contributed by atoms with E-state index in [1.807, 2.05) is 19.1 Å². The van der Waals surface area contributed by atoms with Crippen LogP contribution in [0, 0.1) is 13.8 Å². The summed E-state index contributed by atoms with van der Waals surface area (Å²) in [6, 6.07) is 7.28. The third kappa shape index (κ3) is 4.59. The highest BCUT2D eigenvalue weighted by Crippen LogP contribution is 2.18. The molecule has 0 bridgehead atoms. The van der Waals surface area contributed by atoms with Crippen LogP contribution >= 0.6 is 22.9 Å². The predicted molar refractivity (Wildman–Crippen MR) is 103 cm³/mol. The monoisotopic (exact) mass is 390 g/mol. The van der Waals surface area contributed by atoms with Crippen molar-refractivity contribution in [3.05, 3.63) is 50.8 Å². The summed E-state index contributed by atoms with van der Waals surface area (Å²) in [5.74, 6) is 1.63. The van der Waals surface area contributed by atoms with Gasteiger partial charge in [-0.2, -0.15) is 4.98 Å². The fourth-order valence-corrected chi connectivity index (χ4v) is 3.20. The highest BCUT2D eigenvalue weighted by molar-refractivity contribution is 7.11. The number of hydrogen-bond acceptors (Lipinski definition) is 6. The van der Waals surface area contributed by atoms with Crippen molar-refractivity contribution in [2.24, 2.45) is 4.99 Å². The molecule has 26 heavy (non-hydrogen) atoms. The van der Waals surface area contributed by atoms with Gasteiger partial charge < -0.3 is 15.2 Å². The molecule has 0 radical (unpaired) electrons. The normalized spacial score (nSPS) is 11.6. The molecule has 0 fully saturated rings. The first-order chi connectivity index (χ1) is 12.5. The Kier molecular flexibility index (Phi) is 5.85. The average Bonchev–Trinajstić information content (AvgIpc) is 3.23. The van der Waals surface area contributed by atoms with E-state index in [-0.39, 0.29) is 0 Å². The summed E-state index contributed by atoms with van der Waals surface area (Å²) in [4.78, 5) is 14.3. The fraction of sp³-hybridized carbons (Fsp3) is 0.294. The molecule has 0 aliphatic heterocycles. The summed E-state index contributed by atoms with van der Waals surface area (Å²) in [7, 11) is 1.71. The van der Waals surface area contributed by atoms with Crippen LogP contribution in [0.5, 0.6) is 0 Å². The fourth-order valence-electron chi connectivity index (χ4n) is 2.20. The Bertz CT molecular complexity index is 883. The molecule has 0 spiro atoms. The molecule has 0 aliphatic carbocycles.